The Morgan fingerprint density at radius 3 is 2.78 bits per heavy atom. The molecule has 142 valence electrons. The first-order chi connectivity index (χ1) is 13.1. The number of ether oxygens (including phenoxy) is 1. The van der Waals surface area contributed by atoms with Gasteiger partial charge in [0.1, 0.15) is 11.3 Å². The predicted octanol–water partition coefficient (Wildman–Crippen LogP) is 4.11. The Balaban J connectivity index is 2.18. The average molecular weight is 366 g/mol. The van der Waals surface area contributed by atoms with Crippen LogP contribution in [0.2, 0.25) is 0 Å². The SMILES string of the molecule is CCCCc1nc2c(N)nc3cc(/C=C/C(=O)OC)ccc3c2n1CCC. The highest BCUT2D eigenvalue weighted by atomic mass is 16.5. The first-order valence-electron chi connectivity index (χ1n) is 9.43. The second-order valence-electron chi connectivity index (χ2n) is 6.61. The summed E-state index contributed by atoms with van der Waals surface area (Å²) < 4.78 is 6.93. The van der Waals surface area contributed by atoms with Gasteiger partial charge in [-0.25, -0.2) is 14.8 Å². The molecule has 3 aromatic rings. The van der Waals surface area contributed by atoms with Crippen molar-refractivity contribution in [3.63, 3.8) is 0 Å². The maximum absolute atomic E-state index is 11.3. The molecule has 0 saturated heterocycles. The van der Waals surface area contributed by atoms with Gasteiger partial charge in [-0.05, 0) is 30.5 Å². The van der Waals surface area contributed by atoms with E-state index in [4.69, 9.17) is 10.7 Å². The van der Waals surface area contributed by atoms with E-state index in [9.17, 15) is 4.79 Å². The molecule has 0 saturated carbocycles. The van der Waals surface area contributed by atoms with Crippen molar-refractivity contribution in [3.05, 3.63) is 35.7 Å². The van der Waals surface area contributed by atoms with E-state index in [1.54, 1.807) is 6.08 Å². The lowest BCUT2D eigenvalue weighted by Gasteiger charge is -2.10. The number of carbonyl (C=O) groups excluding carboxylic acids is 1. The van der Waals surface area contributed by atoms with Gasteiger partial charge in [-0.2, -0.15) is 0 Å². The molecule has 0 atom stereocenters. The van der Waals surface area contributed by atoms with Crippen molar-refractivity contribution >= 4 is 39.8 Å². The minimum Gasteiger partial charge on any atom is -0.466 e. The summed E-state index contributed by atoms with van der Waals surface area (Å²) in [7, 11) is 1.36. The molecule has 0 spiro atoms. The van der Waals surface area contributed by atoms with E-state index in [-0.39, 0.29) is 5.97 Å². The summed E-state index contributed by atoms with van der Waals surface area (Å²) in [4.78, 5) is 20.7. The molecule has 1 aromatic carbocycles. The first kappa shape index (κ1) is 18.9. The number of aromatic nitrogens is 3. The number of esters is 1. The fraction of sp³-hybridized carbons (Fsp3) is 0.381. The minimum atomic E-state index is -0.389. The van der Waals surface area contributed by atoms with E-state index in [2.05, 4.69) is 28.1 Å². The molecule has 2 N–H and O–H groups in total. The summed E-state index contributed by atoms with van der Waals surface area (Å²) in [6.45, 7) is 5.25. The van der Waals surface area contributed by atoms with Gasteiger partial charge in [0, 0.05) is 24.4 Å². The number of rotatable bonds is 7. The average Bonchev–Trinajstić information content (AvgIpc) is 3.04. The lowest BCUT2D eigenvalue weighted by Crippen LogP contribution is -2.04. The van der Waals surface area contributed by atoms with Crippen LogP contribution in [-0.2, 0) is 22.5 Å². The van der Waals surface area contributed by atoms with Gasteiger partial charge >= 0.3 is 5.97 Å². The zero-order valence-electron chi connectivity index (χ0n) is 16.2. The van der Waals surface area contributed by atoms with Gasteiger partial charge in [-0.15, -0.1) is 0 Å². The molecule has 0 bridgehead atoms. The third-order valence-electron chi connectivity index (χ3n) is 4.62. The highest BCUT2D eigenvalue weighted by Gasteiger charge is 2.16. The minimum absolute atomic E-state index is 0.389. The number of imidazole rings is 1. The van der Waals surface area contributed by atoms with Crippen LogP contribution < -0.4 is 5.73 Å². The van der Waals surface area contributed by atoms with Crippen molar-refractivity contribution in [2.75, 3.05) is 12.8 Å². The number of unbranched alkanes of at least 4 members (excludes halogenated alkanes) is 1. The summed E-state index contributed by atoms with van der Waals surface area (Å²) in [6.07, 6.45) is 7.29. The second kappa shape index (κ2) is 8.20. The molecule has 6 nitrogen and oxygen atoms in total. The van der Waals surface area contributed by atoms with Crippen molar-refractivity contribution < 1.29 is 9.53 Å². The zero-order chi connectivity index (χ0) is 19.4. The Labute approximate surface area is 159 Å². The number of anilines is 1. The van der Waals surface area contributed by atoms with Gasteiger partial charge in [0.05, 0.1) is 18.1 Å². The number of hydrogen-bond acceptors (Lipinski definition) is 5. The van der Waals surface area contributed by atoms with Crippen LogP contribution >= 0.6 is 0 Å². The third-order valence-corrected chi connectivity index (χ3v) is 4.62. The van der Waals surface area contributed by atoms with Crippen LogP contribution in [0.5, 0.6) is 0 Å². The van der Waals surface area contributed by atoms with Crippen molar-refractivity contribution in [3.8, 4) is 0 Å². The Kier molecular flexibility index (Phi) is 5.74. The first-order valence-corrected chi connectivity index (χ1v) is 9.43. The van der Waals surface area contributed by atoms with Crippen molar-refractivity contribution in [2.45, 2.75) is 46.1 Å². The van der Waals surface area contributed by atoms with Crippen molar-refractivity contribution in [2.24, 2.45) is 0 Å². The number of pyridine rings is 1. The summed E-state index contributed by atoms with van der Waals surface area (Å²) in [5, 5.41) is 1.03. The smallest absolute Gasteiger partial charge is 0.330 e. The molecule has 0 aliphatic carbocycles. The second-order valence-corrected chi connectivity index (χ2v) is 6.61. The fourth-order valence-corrected chi connectivity index (χ4v) is 3.30. The zero-order valence-corrected chi connectivity index (χ0v) is 16.2. The monoisotopic (exact) mass is 366 g/mol. The highest BCUT2D eigenvalue weighted by Crippen LogP contribution is 2.30. The Hall–Kier alpha value is -2.89. The van der Waals surface area contributed by atoms with Crippen molar-refractivity contribution in [1.82, 2.24) is 14.5 Å². The molecular weight excluding hydrogens is 340 g/mol. The normalized spacial score (nSPS) is 11.7. The Morgan fingerprint density at radius 1 is 1.26 bits per heavy atom. The lowest BCUT2D eigenvalue weighted by atomic mass is 10.1. The standard InChI is InChI=1S/C21H26N4O2/c1-4-6-7-17-24-19-20(25(17)12-5-2)15-10-8-14(9-11-18(26)27-3)13-16(15)23-21(19)22/h8-11,13H,4-7,12H2,1-3H3,(H2,22,23)/b11-9+. The molecule has 0 aliphatic rings. The fourth-order valence-electron chi connectivity index (χ4n) is 3.30. The summed E-state index contributed by atoms with van der Waals surface area (Å²) in [5.74, 6) is 1.13. The number of fused-ring (bicyclic) bond motifs is 3. The summed E-state index contributed by atoms with van der Waals surface area (Å²) in [5.41, 5.74) is 9.74. The van der Waals surface area contributed by atoms with Gasteiger partial charge in [0.25, 0.3) is 0 Å². The Bertz CT molecular complexity index is 1000. The Morgan fingerprint density at radius 2 is 2.07 bits per heavy atom. The summed E-state index contributed by atoms with van der Waals surface area (Å²) >= 11 is 0. The van der Waals surface area contributed by atoms with Gasteiger partial charge in [0.15, 0.2) is 5.82 Å². The van der Waals surface area contributed by atoms with Crippen molar-refractivity contribution in [1.29, 1.82) is 0 Å². The van der Waals surface area contributed by atoms with E-state index >= 15 is 0 Å². The van der Waals surface area contributed by atoms with E-state index in [0.29, 0.717) is 5.82 Å². The molecule has 2 heterocycles. The lowest BCUT2D eigenvalue weighted by molar-refractivity contribution is -0.134. The number of carbonyl (C=O) groups is 1. The van der Waals surface area contributed by atoms with E-state index in [0.717, 1.165) is 65.6 Å². The maximum Gasteiger partial charge on any atom is 0.330 e. The molecule has 0 aliphatic heterocycles. The van der Waals surface area contributed by atoms with Crippen LogP contribution in [0, 0.1) is 0 Å². The number of benzene rings is 1. The van der Waals surface area contributed by atoms with Crippen LogP contribution in [0.1, 0.15) is 44.5 Å². The molecule has 0 fully saturated rings. The van der Waals surface area contributed by atoms with Crippen LogP contribution in [0.15, 0.2) is 24.3 Å². The molecule has 0 unspecified atom stereocenters. The van der Waals surface area contributed by atoms with E-state index in [1.807, 2.05) is 18.2 Å². The van der Waals surface area contributed by atoms with Crippen LogP contribution in [0.25, 0.3) is 28.0 Å². The van der Waals surface area contributed by atoms with Crippen LogP contribution in [0.4, 0.5) is 5.82 Å². The van der Waals surface area contributed by atoms with E-state index in [1.165, 1.54) is 13.2 Å². The molecule has 2 aromatic heterocycles. The van der Waals surface area contributed by atoms with Gasteiger partial charge < -0.3 is 15.0 Å². The topological polar surface area (TPSA) is 83.0 Å². The molecule has 27 heavy (non-hydrogen) atoms. The number of methoxy groups -OCH3 is 1. The predicted molar refractivity (Wildman–Crippen MR) is 109 cm³/mol. The number of nitrogens with two attached hydrogens (primary N) is 1. The summed E-state index contributed by atoms with van der Waals surface area (Å²) in [6, 6.07) is 5.92. The number of nitrogens with zero attached hydrogens (tertiary/aromatic N) is 3. The largest absolute Gasteiger partial charge is 0.466 e. The number of hydrogen-bond donors (Lipinski definition) is 1. The molecular formula is C21H26N4O2. The molecule has 6 heteroatoms. The quantitative estimate of drug-likeness (QED) is 0.503. The van der Waals surface area contributed by atoms with E-state index < -0.39 is 0 Å². The molecule has 3 rings (SSSR count). The highest BCUT2D eigenvalue weighted by molar-refractivity contribution is 6.07. The van der Waals surface area contributed by atoms with Crippen LogP contribution in [0.3, 0.4) is 0 Å². The maximum atomic E-state index is 11.3. The van der Waals surface area contributed by atoms with Gasteiger partial charge in [-0.1, -0.05) is 32.4 Å². The van der Waals surface area contributed by atoms with Gasteiger partial charge in [-0.3, -0.25) is 0 Å². The molecule has 0 amide bonds. The third kappa shape index (κ3) is 3.79. The van der Waals surface area contributed by atoms with Gasteiger partial charge in [0.2, 0.25) is 0 Å². The molecule has 0 radical (unpaired) electrons. The van der Waals surface area contributed by atoms with Crippen LogP contribution in [-0.4, -0.2) is 27.6 Å². The number of aryl methyl sites for hydroxylation is 2. The number of nitrogen functional groups attached to an aromatic ring is 1.